The Morgan fingerprint density at radius 2 is 2.29 bits per heavy atom. The van der Waals surface area contributed by atoms with Crippen LogP contribution < -0.4 is 5.32 Å². The lowest BCUT2D eigenvalue weighted by molar-refractivity contribution is -0.138. The van der Waals surface area contributed by atoms with E-state index in [9.17, 15) is 18.0 Å². The number of piperazine rings is 1. The molecule has 0 spiro atoms. The van der Waals surface area contributed by atoms with Crippen LogP contribution in [0.25, 0.3) is 0 Å². The molecule has 8 heteroatoms. The molecule has 2 rings (SSSR count). The largest absolute Gasteiger partial charge is 0.481 e. The predicted molar refractivity (Wildman–Crippen MR) is 76.3 cm³/mol. The van der Waals surface area contributed by atoms with Crippen LogP contribution in [-0.4, -0.2) is 60.0 Å². The van der Waals surface area contributed by atoms with Crippen molar-refractivity contribution in [2.75, 3.05) is 19.6 Å². The van der Waals surface area contributed by atoms with Crippen LogP contribution in [0.3, 0.4) is 0 Å². The van der Waals surface area contributed by atoms with Gasteiger partial charge >= 0.3 is 5.97 Å². The minimum atomic E-state index is -3.79. The van der Waals surface area contributed by atoms with Crippen LogP contribution in [0.15, 0.2) is 12.2 Å². The van der Waals surface area contributed by atoms with Gasteiger partial charge in [-0.2, -0.15) is 4.31 Å². The fourth-order valence-corrected chi connectivity index (χ4v) is 4.86. The highest BCUT2D eigenvalue weighted by atomic mass is 32.2. The maximum Gasteiger partial charge on any atom is 0.305 e. The van der Waals surface area contributed by atoms with E-state index in [2.05, 4.69) is 5.32 Å². The van der Waals surface area contributed by atoms with Crippen molar-refractivity contribution >= 4 is 21.8 Å². The van der Waals surface area contributed by atoms with Crippen LogP contribution >= 0.6 is 0 Å². The molecule has 2 N–H and O–H groups in total. The summed E-state index contributed by atoms with van der Waals surface area (Å²) in [6, 6.07) is -0.622. The van der Waals surface area contributed by atoms with Crippen LogP contribution in [0.1, 0.15) is 26.2 Å². The molecule has 1 heterocycles. The number of allylic oxidation sites excluding steroid dienone is 1. The van der Waals surface area contributed by atoms with Crippen molar-refractivity contribution in [1.29, 1.82) is 0 Å². The molecule has 118 valence electrons. The highest BCUT2D eigenvalue weighted by Crippen LogP contribution is 2.32. The first-order valence-electron chi connectivity index (χ1n) is 6.89. The predicted octanol–water partition coefficient (Wildman–Crippen LogP) is -0.257. The van der Waals surface area contributed by atoms with Gasteiger partial charge in [-0.25, -0.2) is 8.42 Å². The third kappa shape index (κ3) is 3.17. The normalized spacial score (nSPS) is 31.3. The fraction of sp³-hybridized carbons (Fsp3) is 0.692. The summed E-state index contributed by atoms with van der Waals surface area (Å²) in [4.78, 5) is 22.6. The van der Waals surface area contributed by atoms with Gasteiger partial charge < -0.3 is 10.4 Å². The number of carboxylic acid groups (broad SMARTS) is 1. The second-order valence-corrected chi connectivity index (χ2v) is 8.06. The quantitative estimate of drug-likeness (QED) is 0.693. The molecule has 2 aliphatic rings. The van der Waals surface area contributed by atoms with Crippen molar-refractivity contribution < 1.29 is 23.1 Å². The molecule has 0 aromatic carbocycles. The van der Waals surface area contributed by atoms with Gasteiger partial charge in [0.05, 0.1) is 6.42 Å². The summed E-state index contributed by atoms with van der Waals surface area (Å²) in [5.74, 6) is -1.15. The average Bonchev–Trinajstić information content (AvgIpc) is 2.38. The van der Waals surface area contributed by atoms with Crippen molar-refractivity contribution in [3.8, 4) is 0 Å². The molecule has 1 saturated heterocycles. The highest BCUT2D eigenvalue weighted by Gasteiger charge is 2.47. The zero-order valence-electron chi connectivity index (χ0n) is 11.9. The van der Waals surface area contributed by atoms with Gasteiger partial charge in [0.25, 0.3) is 0 Å². The van der Waals surface area contributed by atoms with Crippen LogP contribution in [0.2, 0.25) is 0 Å². The summed E-state index contributed by atoms with van der Waals surface area (Å²) in [6.07, 6.45) is 3.09. The van der Waals surface area contributed by atoms with E-state index < -0.39 is 26.8 Å². The van der Waals surface area contributed by atoms with E-state index >= 15 is 0 Å². The van der Waals surface area contributed by atoms with Crippen molar-refractivity contribution in [2.24, 2.45) is 0 Å². The molecule has 0 aromatic heterocycles. The van der Waals surface area contributed by atoms with E-state index in [-0.39, 0.29) is 31.6 Å². The summed E-state index contributed by atoms with van der Waals surface area (Å²) in [5.41, 5.74) is 0. The minimum absolute atomic E-state index is 0.0600. The lowest BCUT2D eigenvalue weighted by Gasteiger charge is -2.40. The topological polar surface area (TPSA) is 104 Å². The summed E-state index contributed by atoms with van der Waals surface area (Å²) < 4.78 is 25.8. The van der Waals surface area contributed by atoms with Gasteiger partial charge in [-0.05, 0) is 6.92 Å². The molecular weight excluding hydrogens is 296 g/mol. The first-order chi connectivity index (χ1) is 9.76. The van der Waals surface area contributed by atoms with E-state index in [1.54, 1.807) is 12.2 Å². The van der Waals surface area contributed by atoms with Crippen LogP contribution in [0.5, 0.6) is 0 Å². The Morgan fingerprint density at radius 1 is 1.57 bits per heavy atom. The number of sulfonamides is 1. The van der Waals surface area contributed by atoms with Crippen LogP contribution in [-0.2, 0) is 19.6 Å². The smallest absolute Gasteiger partial charge is 0.305 e. The maximum absolute atomic E-state index is 12.9. The minimum Gasteiger partial charge on any atom is -0.481 e. The number of nitrogens with one attached hydrogen (secondary N) is 1. The molecule has 0 radical (unpaired) electrons. The Labute approximate surface area is 124 Å². The van der Waals surface area contributed by atoms with Crippen molar-refractivity contribution in [1.82, 2.24) is 9.62 Å². The van der Waals surface area contributed by atoms with Gasteiger partial charge in [-0.3, -0.25) is 9.59 Å². The molecule has 1 aliphatic heterocycles. The number of Topliss-reactive ketones (excluding diaryl/α,β-unsaturated/α-hetero) is 1. The molecule has 1 fully saturated rings. The van der Waals surface area contributed by atoms with Crippen molar-refractivity contribution in [2.45, 2.75) is 37.0 Å². The molecule has 0 aromatic rings. The maximum atomic E-state index is 12.9. The number of aliphatic carboxylic acids is 1. The molecule has 0 saturated carbocycles. The molecule has 1 unspecified atom stereocenters. The first-order valence-corrected chi connectivity index (χ1v) is 8.33. The van der Waals surface area contributed by atoms with Gasteiger partial charge in [0.2, 0.25) is 10.0 Å². The molecule has 7 nitrogen and oxygen atoms in total. The number of carbonyl (C=O) groups is 2. The lowest BCUT2D eigenvalue weighted by Crippen LogP contribution is -2.59. The number of carbonyl (C=O) groups excluding carboxylic acids is 1. The number of nitrogens with zero attached hydrogens (tertiary/aromatic N) is 1. The number of ketones is 1. The number of carboxylic acids is 1. The molecule has 0 bridgehead atoms. The number of hydrogen-bond donors (Lipinski definition) is 2. The van der Waals surface area contributed by atoms with Gasteiger partial charge in [-0.15, -0.1) is 0 Å². The second-order valence-electron chi connectivity index (χ2n) is 5.71. The summed E-state index contributed by atoms with van der Waals surface area (Å²) in [7, 11) is -3.79. The Morgan fingerprint density at radius 3 is 2.90 bits per heavy atom. The van der Waals surface area contributed by atoms with Crippen molar-refractivity contribution in [3.63, 3.8) is 0 Å². The first kappa shape index (κ1) is 16.1. The monoisotopic (exact) mass is 316 g/mol. The Kier molecular flexibility index (Phi) is 4.50. The molecule has 2 atom stereocenters. The molecule has 21 heavy (non-hydrogen) atoms. The molecule has 1 aliphatic carbocycles. The van der Waals surface area contributed by atoms with E-state index in [0.29, 0.717) is 13.1 Å². The van der Waals surface area contributed by atoms with Crippen LogP contribution in [0, 0.1) is 0 Å². The van der Waals surface area contributed by atoms with E-state index in [1.165, 1.54) is 11.2 Å². The lowest BCUT2D eigenvalue weighted by atomic mass is 9.96. The summed E-state index contributed by atoms with van der Waals surface area (Å²) in [5, 5.41) is 12.0. The summed E-state index contributed by atoms with van der Waals surface area (Å²) in [6.45, 7) is 2.52. The zero-order valence-corrected chi connectivity index (χ0v) is 12.7. The third-order valence-corrected chi connectivity index (χ3v) is 6.53. The van der Waals surface area contributed by atoms with Crippen LogP contribution in [0.4, 0.5) is 0 Å². The molecule has 0 amide bonds. The zero-order chi connectivity index (χ0) is 15.7. The Hall–Kier alpha value is -1.25. The molecular formula is C13H20N2O5S. The van der Waals surface area contributed by atoms with Gasteiger partial charge in [0.1, 0.15) is 10.5 Å². The number of rotatable bonds is 4. The summed E-state index contributed by atoms with van der Waals surface area (Å²) >= 11 is 0. The van der Waals surface area contributed by atoms with Gasteiger partial charge in [0, 0.05) is 38.5 Å². The third-order valence-electron chi connectivity index (χ3n) is 3.97. The fourth-order valence-electron chi connectivity index (χ4n) is 2.84. The van der Waals surface area contributed by atoms with E-state index in [1.807, 2.05) is 0 Å². The highest BCUT2D eigenvalue weighted by molar-refractivity contribution is 7.90. The average molecular weight is 316 g/mol. The second kappa shape index (κ2) is 5.86. The Balaban J connectivity index is 2.32. The Bertz CT molecular complexity index is 571. The standard InChI is InChI=1S/C13H20N2O5S/c1-13(4-2-3-11(16)8-13)21(19,20)15-6-5-14-9-10(15)7-12(17)18/h2,4,10,14H,3,5-9H2,1H3,(H,17,18)/t10-,13?/m1/s1. The SMILES string of the molecule is CC1(S(=O)(=O)N2CCNC[C@H]2CC(=O)O)C=CCC(=O)C1. The van der Waals surface area contributed by atoms with Gasteiger partial charge in [0.15, 0.2) is 0 Å². The van der Waals surface area contributed by atoms with E-state index in [0.717, 1.165) is 0 Å². The van der Waals surface area contributed by atoms with Gasteiger partial charge in [-0.1, -0.05) is 12.2 Å². The van der Waals surface area contributed by atoms with Crippen molar-refractivity contribution in [3.05, 3.63) is 12.2 Å². The number of hydrogen-bond acceptors (Lipinski definition) is 5. The van der Waals surface area contributed by atoms with E-state index in [4.69, 9.17) is 5.11 Å².